The quantitative estimate of drug-likeness (QED) is 0.335. The summed E-state index contributed by atoms with van der Waals surface area (Å²) in [6.07, 6.45) is 18.7. The molecule has 0 N–H and O–H groups in total. The molecule has 0 aliphatic carbocycles. The van der Waals surface area contributed by atoms with Crippen molar-refractivity contribution < 1.29 is 4.74 Å². The van der Waals surface area contributed by atoms with E-state index in [4.69, 9.17) is 4.74 Å². The number of hydrogen-bond donors (Lipinski definition) is 0. The van der Waals surface area contributed by atoms with Crippen LogP contribution in [0.15, 0.2) is 43.2 Å². The lowest BCUT2D eigenvalue weighted by Crippen LogP contribution is -1.97. The summed E-state index contributed by atoms with van der Waals surface area (Å²) < 4.78 is 5.86. The van der Waals surface area contributed by atoms with Crippen LogP contribution in [0.2, 0.25) is 0 Å². The average molecular weight is 367 g/mol. The van der Waals surface area contributed by atoms with Gasteiger partial charge in [0.1, 0.15) is 5.75 Å². The number of rotatable bonds is 14. The summed E-state index contributed by atoms with van der Waals surface area (Å²) in [6, 6.07) is 8.15. The van der Waals surface area contributed by atoms with Crippen molar-refractivity contribution >= 4 is 6.08 Å². The molecule has 27 heavy (non-hydrogen) atoms. The number of aromatic nitrogens is 2. The molecule has 0 aliphatic rings. The van der Waals surface area contributed by atoms with Crippen molar-refractivity contribution in [2.24, 2.45) is 0 Å². The minimum atomic E-state index is 0.648. The molecule has 0 saturated heterocycles. The predicted molar refractivity (Wildman–Crippen MR) is 115 cm³/mol. The minimum Gasteiger partial charge on any atom is -0.494 e. The van der Waals surface area contributed by atoms with E-state index in [2.05, 4.69) is 35.6 Å². The van der Waals surface area contributed by atoms with Crippen LogP contribution in [0, 0.1) is 0 Å². The summed E-state index contributed by atoms with van der Waals surface area (Å²) in [5, 5.41) is 0. The van der Waals surface area contributed by atoms with Crippen molar-refractivity contribution in [3.63, 3.8) is 0 Å². The second-order valence-corrected chi connectivity index (χ2v) is 7.09. The van der Waals surface area contributed by atoms with Gasteiger partial charge in [-0.2, -0.15) is 0 Å². The molecule has 146 valence electrons. The summed E-state index contributed by atoms with van der Waals surface area (Å²) in [5.41, 5.74) is 2.10. The lowest BCUT2D eigenvalue weighted by molar-refractivity contribution is 0.304. The van der Waals surface area contributed by atoms with Crippen molar-refractivity contribution in [1.29, 1.82) is 0 Å². The molecule has 1 aromatic carbocycles. The number of hydrogen-bond acceptors (Lipinski definition) is 3. The van der Waals surface area contributed by atoms with Gasteiger partial charge in [0.25, 0.3) is 0 Å². The van der Waals surface area contributed by atoms with Crippen LogP contribution in [-0.2, 0) is 0 Å². The largest absolute Gasteiger partial charge is 0.494 e. The topological polar surface area (TPSA) is 35.0 Å². The van der Waals surface area contributed by atoms with E-state index in [1.807, 2.05) is 24.5 Å². The zero-order valence-electron chi connectivity index (χ0n) is 16.8. The van der Waals surface area contributed by atoms with Gasteiger partial charge in [-0.3, -0.25) is 0 Å². The SMILES string of the molecule is C=Cc1ncc(-c2ccc(OCCCCCCCCCCCC)cc2)cn1. The van der Waals surface area contributed by atoms with Gasteiger partial charge >= 0.3 is 0 Å². The van der Waals surface area contributed by atoms with Crippen molar-refractivity contribution in [2.45, 2.75) is 71.1 Å². The van der Waals surface area contributed by atoms with Gasteiger partial charge < -0.3 is 4.74 Å². The molecular formula is C24H34N2O. The molecule has 0 saturated carbocycles. The Morgan fingerprint density at radius 2 is 1.33 bits per heavy atom. The maximum atomic E-state index is 5.86. The van der Waals surface area contributed by atoms with Gasteiger partial charge in [-0.25, -0.2) is 9.97 Å². The van der Waals surface area contributed by atoms with E-state index in [1.54, 1.807) is 6.08 Å². The Bertz CT molecular complexity index is 634. The van der Waals surface area contributed by atoms with Gasteiger partial charge in [0, 0.05) is 18.0 Å². The van der Waals surface area contributed by atoms with E-state index in [9.17, 15) is 0 Å². The van der Waals surface area contributed by atoms with Crippen molar-refractivity contribution in [2.75, 3.05) is 6.61 Å². The molecule has 0 amide bonds. The van der Waals surface area contributed by atoms with Crippen LogP contribution in [-0.4, -0.2) is 16.6 Å². The van der Waals surface area contributed by atoms with Crippen molar-refractivity contribution in [3.05, 3.63) is 49.1 Å². The van der Waals surface area contributed by atoms with Crippen LogP contribution in [0.25, 0.3) is 17.2 Å². The second-order valence-electron chi connectivity index (χ2n) is 7.09. The molecular weight excluding hydrogens is 332 g/mol. The highest BCUT2D eigenvalue weighted by molar-refractivity contribution is 5.62. The molecule has 3 nitrogen and oxygen atoms in total. The highest BCUT2D eigenvalue weighted by Gasteiger charge is 2.01. The molecule has 0 spiro atoms. The summed E-state index contributed by atoms with van der Waals surface area (Å²) in [7, 11) is 0. The third-order valence-corrected chi connectivity index (χ3v) is 4.81. The minimum absolute atomic E-state index is 0.648. The third-order valence-electron chi connectivity index (χ3n) is 4.81. The fourth-order valence-electron chi connectivity index (χ4n) is 3.12. The predicted octanol–water partition coefficient (Wildman–Crippen LogP) is 7.09. The normalized spacial score (nSPS) is 10.7. The van der Waals surface area contributed by atoms with E-state index in [0.717, 1.165) is 29.9 Å². The summed E-state index contributed by atoms with van der Waals surface area (Å²) >= 11 is 0. The Labute approximate surface area is 164 Å². The molecule has 0 unspecified atom stereocenters. The van der Waals surface area contributed by atoms with E-state index in [0.29, 0.717) is 5.82 Å². The molecule has 1 aromatic heterocycles. The molecule has 0 fully saturated rings. The van der Waals surface area contributed by atoms with Crippen LogP contribution >= 0.6 is 0 Å². The number of nitrogens with zero attached hydrogens (tertiary/aromatic N) is 2. The highest BCUT2D eigenvalue weighted by Crippen LogP contribution is 2.21. The zero-order valence-corrected chi connectivity index (χ0v) is 16.8. The summed E-state index contributed by atoms with van der Waals surface area (Å²) in [5.74, 6) is 1.58. The number of unbranched alkanes of at least 4 members (excludes halogenated alkanes) is 9. The van der Waals surface area contributed by atoms with E-state index >= 15 is 0 Å². The Balaban J connectivity index is 1.57. The maximum absolute atomic E-state index is 5.86. The molecule has 0 bridgehead atoms. The van der Waals surface area contributed by atoms with E-state index in [-0.39, 0.29) is 0 Å². The van der Waals surface area contributed by atoms with Crippen LogP contribution in [0.4, 0.5) is 0 Å². The fourth-order valence-corrected chi connectivity index (χ4v) is 3.12. The number of benzene rings is 1. The standard InChI is InChI=1S/C24H34N2O/c1-3-5-6-7-8-9-10-11-12-13-18-27-23-16-14-21(15-17-23)22-19-25-24(4-2)26-20-22/h4,14-17,19-20H,2-3,5-13,18H2,1H3. The first-order valence-corrected chi connectivity index (χ1v) is 10.5. The van der Waals surface area contributed by atoms with Gasteiger partial charge in [0.2, 0.25) is 0 Å². The third kappa shape index (κ3) is 8.38. The summed E-state index contributed by atoms with van der Waals surface area (Å²) in [6.45, 7) is 6.74. The average Bonchev–Trinajstić information content (AvgIpc) is 2.72. The van der Waals surface area contributed by atoms with Gasteiger partial charge in [0.15, 0.2) is 5.82 Å². The van der Waals surface area contributed by atoms with Crippen molar-refractivity contribution in [1.82, 2.24) is 9.97 Å². The molecule has 3 heteroatoms. The summed E-state index contributed by atoms with van der Waals surface area (Å²) in [4.78, 5) is 8.49. The second kappa shape index (κ2) is 13.1. The first-order chi connectivity index (χ1) is 13.3. The van der Waals surface area contributed by atoms with Crippen LogP contribution in [0.3, 0.4) is 0 Å². The molecule has 0 aliphatic heterocycles. The van der Waals surface area contributed by atoms with Gasteiger partial charge in [-0.05, 0) is 30.2 Å². The Morgan fingerprint density at radius 3 is 1.89 bits per heavy atom. The van der Waals surface area contributed by atoms with Crippen molar-refractivity contribution in [3.8, 4) is 16.9 Å². The first kappa shape index (κ1) is 21.1. The van der Waals surface area contributed by atoms with Gasteiger partial charge in [0.05, 0.1) is 6.61 Å². The Hall–Kier alpha value is -2.16. The van der Waals surface area contributed by atoms with Crippen LogP contribution < -0.4 is 4.74 Å². The van der Waals surface area contributed by atoms with Gasteiger partial charge in [-0.1, -0.05) is 83.4 Å². The lowest BCUT2D eigenvalue weighted by Gasteiger charge is -2.07. The molecule has 0 radical (unpaired) electrons. The Kier molecular flexibility index (Phi) is 10.2. The van der Waals surface area contributed by atoms with E-state index in [1.165, 1.54) is 57.8 Å². The van der Waals surface area contributed by atoms with Gasteiger partial charge in [-0.15, -0.1) is 0 Å². The fraction of sp³-hybridized carbons (Fsp3) is 0.500. The molecule has 2 aromatic rings. The van der Waals surface area contributed by atoms with Crippen LogP contribution in [0.1, 0.15) is 77.0 Å². The number of ether oxygens (including phenoxy) is 1. The zero-order chi connectivity index (χ0) is 19.2. The van der Waals surface area contributed by atoms with E-state index < -0.39 is 0 Å². The first-order valence-electron chi connectivity index (χ1n) is 10.5. The highest BCUT2D eigenvalue weighted by atomic mass is 16.5. The van der Waals surface area contributed by atoms with Crippen LogP contribution in [0.5, 0.6) is 5.75 Å². The Morgan fingerprint density at radius 1 is 0.778 bits per heavy atom. The monoisotopic (exact) mass is 366 g/mol. The smallest absolute Gasteiger partial charge is 0.151 e. The molecule has 0 atom stereocenters. The lowest BCUT2D eigenvalue weighted by atomic mass is 10.1. The maximum Gasteiger partial charge on any atom is 0.151 e. The molecule has 2 rings (SSSR count). The molecule has 1 heterocycles.